The van der Waals surface area contributed by atoms with Gasteiger partial charge in [0.1, 0.15) is 12.1 Å². The highest BCUT2D eigenvalue weighted by atomic mass is 35.5. The molecule has 0 aliphatic heterocycles. The van der Waals surface area contributed by atoms with E-state index in [9.17, 15) is 8.78 Å². The van der Waals surface area contributed by atoms with E-state index >= 15 is 0 Å². The summed E-state index contributed by atoms with van der Waals surface area (Å²) in [6.45, 7) is 1.53. The molecular formula is C11H8ClF2N3. The van der Waals surface area contributed by atoms with Gasteiger partial charge in [-0.1, -0.05) is 11.6 Å². The average Bonchev–Trinajstić information content (AvgIpc) is 2.30. The lowest BCUT2D eigenvalue weighted by atomic mass is 10.3. The van der Waals surface area contributed by atoms with Crippen molar-refractivity contribution in [3.8, 4) is 0 Å². The second-order valence-corrected chi connectivity index (χ2v) is 3.78. The molecule has 0 bridgehead atoms. The second kappa shape index (κ2) is 4.63. The van der Waals surface area contributed by atoms with E-state index in [-0.39, 0.29) is 16.5 Å². The number of nitrogens with one attached hydrogen (secondary N) is 1. The molecular weight excluding hydrogens is 248 g/mol. The monoisotopic (exact) mass is 255 g/mol. The number of hydrogen-bond acceptors (Lipinski definition) is 3. The molecule has 2 rings (SSSR count). The molecule has 0 unspecified atom stereocenters. The topological polar surface area (TPSA) is 37.8 Å². The van der Waals surface area contributed by atoms with E-state index in [2.05, 4.69) is 15.3 Å². The molecule has 17 heavy (non-hydrogen) atoms. The first-order valence-corrected chi connectivity index (χ1v) is 5.15. The lowest BCUT2D eigenvalue weighted by Gasteiger charge is -2.07. The number of aryl methyl sites for hydroxylation is 1. The molecule has 0 fully saturated rings. The maximum atomic E-state index is 13.6. The smallest absolute Gasteiger partial charge is 0.186 e. The average molecular weight is 256 g/mol. The molecule has 0 atom stereocenters. The minimum Gasteiger partial charge on any atom is -0.338 e. The molecule has 3 nitrogen and oxygen atoms in total. The molecule has 1 heterocycles. The summed E-state index contributed by atoms with van der Waals surface area (Å²) in [4.78, 5) is 7.45. The number of hydrogen-bond donors (Lipinski definition) is 1. The van der Waals surface area contributed by atoms with Crippen LogP contribution < -0.4 is 5.32 Å². The molecule has 0 radical (unpaired) electrons. The van der Waals surface area contributed by atoms with Crippen molar-refractivity contribution in [1.29, 1.82) is 0 Å². The van der Waals surface area contributed by atoms with E-state index < -0.39 is 11.6 Å². The minimum absolute atomic E-state index is 0.0279. The van der Waals surface area contributed by atoms with Crippen LogP contribution in [0.4, 0.5) is 20.3 Å². The summed E-state index contributed by atoms with van der Waals surface area (Å²) >= 11 is 5.61. The summed E-state index contributed by atoms with van der Waals surface area (Å²) < 4.78 is 26.5. The molecule has 0 amide bonds. The minimum atomic E-state index is -0.548. The van der Waals surface area contributed by atoms with Crippen LogP contribution >= 0.6 is 11.6 Å². The van der Waals surface area contributed by atoms with Crippen LogP contribution in [0.2, 0.25) is 5.02 Å². The van der Waals surface area contributed by atoms with Crippen molar-refractivity contribution < 1.29 is 8.78 Å². The van der Waals surface area contributed by atoms with Gasteiger partial charge in [0.05, 0.1) is 10.7 Å². The standard InChI is InChI=1S/C11H8ClF2N3/c1-6-10(14)11(16-5-15-6)17-7-2-3-9(13)8(12)4-7/h2-5H,1H3,(H,15,16,17). The van der Waals surface area contributed by atoms with Crippen LogP contribution in [0.5, 0.6) is 0 Å². The Labute approximate surface area is 101 Å². The van der Waals surface area contributed by atoms with Crippen molar-refractivity contribution in [2.75, 3.05) is 5.32 Å². The number of anilines is 2. The fourth-order valence-electron chi connectivity index (χ4n) is 1.26. The number of rotatable bonds is 2. The Kier molecular flexibility index (Phi) is 3.19. The van der Waals surface area contributed by atoms with E-state index in [1.807, 2.05) is 0 Å². The molecule has 1 aromatic heterocycles. The predicted octanol–water partition coefficient (Wildman–Crippen LogP) is 3.46. The van der Waals surface area contributed by atoms with Gasteiger partial charge in [0.2, 0.25) is 0 Å². The fraction of sp³-hybridized carbons (Fsp3) is 0.0909. The third-order valence-electron chi connectivity index (χ3n) is 2.15. The summed E-state index contributed by atoms with van der Waals surface area (Å²) in [6.07, 6.45) is 1.24. The Balaban J connectivity index is 2.31. The van der Waals surface area contributed by atoms with Gasteiger partial charge in [-0.05, 0) is 25.1 Å². The summed E-state index contributed by atoms with van der Waals surface area (Å²) in [5, 5.41) is 2.66. The van der Waals surface area contributed by atoms with Gasteiger partial charge in [-0.15, -0.1) is 0 Å². The second-order valence-electron chi connectivity index (χ2n) is 3.38. The SMILES string of the molecule is Cc1ncnc(Nc2ccc(F)c(Cl)c2)c1F. The highest BCUT2D eigenvalue weighted by Gasteiger charge is 2.08. The maximum absolute atomic E-state index is 13.6. The number of nitrogens with zero attached hydrogens (tertiary/aromatic N) is 2. The molecule has 2 aromatic rings. The van der Waals surface area contributed by atoms with Crippen LogP contribution in [0.3, 0.4) is 0 Å². The van der Waals surface area contributed by atoms with Gasteiger partial charge in [0, 0.05) is 5.69 Å². The zero-order valence-electron chi connectivity index (χ0n) is 8.84. The Morgan fingerprint density at radius 1 is 1.24 bits per heavy atom. The normalized spacial score (nSPS) is 10.4. The van der Waals surface area contributed by atoms with Gasteiger partial charge in [0.15, 0.2) is 11.6 Å². The summed E-state index contributed by atoms with van der Waals surface area (Å²) in [5.74, 6) is -1.05. The number of aromatic nitrogens is 2. The van der Waals surface area contributed by atoms with E-state index in [0.29, 0.717) is 5.69 Å². The first kappa shape index (κ1) is 11.7. The first-order valence-electron chi connectivity index (χ1n) is 4.77. The van der Waals surface area contributed by atoms with Crippen molar-refractivity contribution in [3.63, 3.8) is 0 Å². The summed E-state index contributed by atoms with van der Waals surface area (Å²) in [7, 11) is 0. The predicted molar refractivity (Wildman–Crippen MR) is 61.4 cm³/mol. The zero-order chi connectivity index (χ0) is 12.4. The van der Waals surface area contributed by atoms with E-state index in [1.165, 1.54) is 31.5 Å². The van der Waals surface area contributed by atoms with Crippen molar-refractivity contribution in [3.05, 3.63) is 46.9 Å². The number of halogens is 3. The van der Waals surface area contributed by atoms with Crippen LogP contribution in [0.15, 0.2) is 24.5 Å². The van der Waals surface area contributed by atoms with Crippen molar-refractivity contribution in [2.45, 2.75) is 6.92 Å². The Morgan fingerprint density at radius 2 is 2.00 bits per heavy atom. The Bertz CT molecular complexity index is 560. The Hall–Kier alpha value is -1.75. The maximum Gasteiger partial charge on any atom is 0.186 e. The molecule has 1 N–H and O–H groups in total. The lowest BCUT2D eigenvalue weighted by molar-refractivity contribution is 0.607. The fourth-order valence-corrected chi connectivity index (χ4v) is 1.44. The highest BCUT2D eigenvalue weighted by Crippen LogP contribution is 2.23. The van der Waals surface area contributed by atoms with E-state index in [1.54, 1.807) is 0 Å². The van der Waals surface area contributed by atoms with Gasteiger partial charge >= 0.3 is 0 Å². The summed E-state index contributed by atoms with van der Waals surface area (Å²) in [6, 6.07) is 3.99. The van der Waals surface area contributed by atoms with Crippen LogP contribution in [-0.2, 0) is 0 Å². The van der Waals surface area contributed by atoms with Gasteiger partial charge < -0.3 is 5.32 Å². The van der Waals surface area contributed by atoms with Crippen molar-refractivity contribution >= 4 is 23.1 Å². The Morgan fingerprint density at radius 3 is 2.71 bits per heavy atom. The molecule has 0 spiro atoms. The van der Waals surface area contributed by atoms with Crippen LogP contribution in [-0.4, -0.2) is 9.97 Å². The molecule has 0 aliphatic carbocycles. The van der Waals surface area contributed by atoms with E-state index in [4.69, 9.17) is 11.6 Å². The van der Waals surface area contributed by atoms with Gasteiger partial charge in [0.25, 0.3) is 0 Å². The third kappa shape index (κ3) is 2.50. The van der Waals surface area contributed by atoms with Crippen LogP contribution in [0.25, 0.3) is 0 Å². The molecule has 0 aliphatic rings. The van der Waals surface area contributed by atoms with Crippen molar-refractivity contribution in [2.24, 2.45) is 0 Å². The first-order chi connectivity index (χ1) is 8.08. The van der Waals surface area contributed by atoms with Crippen molar-refractivity contribution in [1.82, 2.24) is 9.97 Å². The van der Waals surface area contributed by atoms with Crippen LogP contribution in [0, 0.1) is 18.6 Å². The molecule has 0 saturated carbocycles. The molecule has 0 saturated heterocycles. The molecule has 88 valence electrons. The quantitative estimate of drug-likeness (QED) is 0.893. The largest absolute Gasteiger partial charge is 0.338 e. The zero-order valence-corrected chi connectivity index (χ0v) is 9.59. The van der Waals surface area contributed by atoms with Gasteiger partial charge in [-0.3, -0.25) is 0 Å². The molecule has 1 aromatic carbocycles. The number of benzene rings is 1. The van der Waals surface area contributed by atoms with E-state index in [0.717, 1.165) is 0 Å². The summed E-state index contributed by atoms with van der Waals surface area (Å²) in [5.41, 5.74) is 0.684. The molecule has 6 heteroatoms. The van der Waals surface area contributed by atoms with Crippen LogP contribution in [0.1, 0.15) is 5.69 Å². The lowest BCUT2D eigenvalue weighted by Crippen LogP contribution is -2.00. The van der Waals surface area contributed by atoms with Gasteiger partial charge in [-0.25, -0.2) is 18.7 Å². The van der Waals surface area contributed by atoms with Gasteiger partial charge in [-0.2, -0.15) is 0 Å². The highest BCUT2D eigenvalue weighted by molar-refractivity contribution is 6.31. The third-order valence-corrected chi connectivity index (χ3v) is 2.44.